The number of aryl methyl sites for hydroxylation is 2. The molecule has 8 nitrogen and oxygen atoms in total. The molecule has 3 aliphatic rings. The highest BCUT2D eigenvalue weighted by atomic mass is 16.3. The zero-order valence-corrected chi connectivity index (χ0v) is 17.2. The Labute approximate surface area is 171 Å². The van der Waals surface area contributed by atoms with Crippen molar-refractivity contribution in [1.29, 1.82) is 0 Å². The Balaban J connectivity index is 1.38. The lowest BCUT2D eigenvalue weighted by Crippen LogP contribution is -2.46. The Kier molecular flexibility index (Phi) is 5.03. The highest BCUT2D eigenvalue weighted by Crippen LogP contribution is 2.38. The molecule has 0 aliphatic carbocycles. The van der Waals surface area contributed by atoms with Crippen LogP contribution in [0.15, 0.2) is 24.5 Å². The van der Waals surface area contributed by atoms with Crippen LogP contribution < -0.4 is 21.1 Å². The lowest BCUT2D eigenvalue weighted by Gasteiger charge is -2.35. The molecule has 3 aliphatic heterocycles. The van der Waals surface area contributed by atoms with Gasteiger partial charge in [-0.15, -0.1) is 0 Å². The molecule has 3 saturated heterocycles. The Bertz CT molecular complexity index is 868. The van der Waals surface area contributed by atoms with Crippen LogP contribution in [0.4, 0.5) is 5.82 Å². The third-order valence-electron chi connectivity index (χ3n) is 6.69. The fourth-order valence-corrected chi connectivity index (χ4v) is 5.11. The number of nitrogens with zero attached hydrogens (tertiary/aromatic N) is 4. The molecular weight excluding hydrogens is 366 g/mol. The molecule has 3 fully saturated rings. The van der Waals surface area contributed by atoms with E-state index in [0.717, 1.165) is 43.9 Å². The molecule has 2 aromatic heterocycles. The highest BCUT2D eigenvalue weighted by molar-refractivity contribution is 5.48. The Morgan fingerprint density at radius 1 is 1.24 bits per heavy atom. The summed E-state index contributed by atoms with van der Waals surface area (Å²) in [4.78, 5) is 7.32. The zero-order valence-electron chi connectivity index (χ0n) is 17.2. The number of rotatable bonds is 3. The van der Waals surface area contributed by atoms with Gasteiger partial charge in [-0.2, -0.15) is 5.10 Å². The summed E-state index contributed by atoms with van der Waals surface area (Å²) in [6.07, 6.45) is 6.75. The van der Waals surface area contributed by atoms with Crippen LogP contribution in [0, 0.1) is 12.8 Å². The molecule has 2 aromatic rings. The Morgan fingerprint density at radius 3 is 2.93 bits per heavy atom. The van der Waals surface area contributed by atoms with Crippen LogP contribution in [0.25, 0.3) is 0 Å². The molecule has 0 saturated carbocycles. The minimum absolute atomic E-state index is 0.176. The number of nitrogens with one attached hydrogen (secondary N) is 3. The topological polar surface area (TPSA) is 90.3 Å². The summed E-state index contributed by atoms with van der Waals surface area (Å²) < 4.78 is 1.87. The number of piperidine rings is 2. The number of aliphatic hydroxyl groups is 1. The molecular formula is C21H31N7O. The summed E-state index contributed by atoms with van der Waals surface area (Å²) in [5, 5.41) is 18.1. The van der Waals surface area contributed by atoms with Gasteiger partial charge in [0.15, 0.2) is 0 Å². The number of pyridine rings is 1. The van der Waals surface area contributed by atoms with Gasteiger partial charge in [0.25, 0.3) is 0 Å². The van der Waals surface area contributed by atoms with Crippen molar-refractivity contribution in [3.8, 4) is 0 Å². The van der Waals surface area contributed by atoms with Gasteiger partial charge in [-0.3, -0.25) is 10.1 Å². The maximum atomic E-state index is 10.1. The predicted octanol–water partition coefficient (Wildman–Crippen LogP) is 0.953. The van der Waals surface area contributed by atoms with Crippen LogP contribution in [-0.4, -0.2) is 51.7 Å². The van der Waals surface area contributed by atoms with Crippen molar-refractivity contribution in [1.82, 2.24) is 30.9 Å². The normalized spacial score (nSPS) is 32.4. The van der Waals surface area contributed by atoms with Crippen molar-refractivity contribution in [2.75, 3.05) is 24.5 Å². The van der Waals surface area contributed by atoms with E-state index in [-0.39, 0.29) is 12.1 Å². The molecule has 29 heavy (non-hydrogen) atoms. The summed E-state index contributed by atoms with van der Waals surface area (Å²) >= 11 is 0. The Morgan fingerprint density at radius 2 is 2.14 bits per heavy atom. The van der Waals surface area contributed by atoms with E-state index in [1.807, 2.05) is 17.9 Å². The molecule has 4 N–H and O–H groups in total. The van der Waals surface area contributed by atoms with E-state index in [0.29, 0.717) is 24.5 Å². The van der Waals surface area contributed by atoms with Gasteiger partial charge < -0.3 is 15.3 Å². The van der Waals surface area contributed by atoms with Crippen molar-refractivity contribution in [3.05, 3.63) is 41.3 Å². The zero-order chi connectivity index (χ0) is 20.0. The number of β-amino-alcohol motifs (C(OH)–C–C–N with tert-alkyl or cyclic N) is 1. The second-order valence-corrected chi connectivity index (χ2v) is 8.80. The van der Waals surface area contributed by atoms with Crippen LogP contribution in [-0.2, 0) is 7.05 Å². The first kappa shape index (κ1) is 19.0. The second-order valence-electron chi connectivity index (χ2n) is 8.80. The molecule has 0 amide bonds. The predicted molar refractivity (Wildman–Crippen MR) is 111 cm³/mol. The third-order valence-corrected chi connectivity index (χ3v) is 6.69. The van der Waals surface area contributed by atoms with Crippen LogP contribution in [0.5, 0.6) is 0 Å². The third kappa shape index (κ3) is 3.66. The molecule has 8 heteroatoms. The van der Waals surface area contributed by atoms with E-state index in [4.69, 9.17) is 4.98 Å². The average Bonchev–Trinajstić information content (AvgIpc) is 3.34. The minimum Gasteiger partial charge on any atom is -0.391 e. The van der Waals surface area contributed by atoms with Crippen LogP contribution in [0.2, 0.25) is 0 Å². The first-order chi connectivity index (χ1) is 14.1. The van der Waals surface area contributed by atoms with Gasteiger partial charge in [-0.05, 0) is 37.8 Å². The van der Waals surface area contributed by atoms with Crippen molar-refractivity contribution in [3.63, 3.8) is 0 Å². The van der Waals surface area contributed by atoms with Crippen molar-refractivity contribution < 1.29 is 5.11 Å². The summed E-state index contributed by atoms with van der Waals surface area (Å²) in [6.45, 7) is 4.67. The fourth-order valence-electron chi connectivity index (χ4n) is 5.11. The number of hydrazine groups is 1. The molecule has 4 unspecified atom stereocenters. The maximum absolute atomic E-state index is 10.1. The van der Waals surface area contributed by atoms with Crippen LogP contribution in [0.1, 0.15) is 48.2 Å². The standard InChI is InChI=1S/C21H31N7O/c1-13-5-6-17(24-21(13)28-7-3-4-15(29)12-28)20-16-8-18(14-9-23-27(2)11-14)22-10-19(16)25-26-20/h5-6,9,11,15-16,18-20,22,25-26,29H,3-4,7-8,10,12H2,1-2H3/t15-,16?,18?,19?,20?/m0/s1. The molecule has 5 atom stereocenters. The van der Waals surface area contributed by atoms with E-state index in [9.17, 15) is 5.11 Å². The first-order valence-corrected chi connectivity index (χ1v) is 10.7. The summed E-state index contributed by atoms with van der Waals surface area (Å²) in [6, 6.07) is 5.21. The Hall–Kier alpha value is -2.00. The van der Waals surface area contributed by atoms with E-state index in [2.05, 4.69) is 51.4 Å². The number of aromatic nitrogens is 3. The first-order valence-electron chi connectivity index (χ1n) is 10.7. The van der Waals surface area contributed by atoms with E-state index >= 15 is 0 Å². The van der Waals surface area contributed by atoms with Gasteiger partial charge in [-0.1, -0.05) is 6.07 Å². The van der Waals surface area contributed by atoms with Crippen molar-refractivity contribution in [2.24, 2.45) is 13.0 Å². The number of hydrogen-bond acceptors (Lipinski definition) is 7. The number of fused-ring (bicyclic) bond motifs is 1. The van der Waals surface area contributed by atoms with Gasteiger partial charge in [0.2, 0.25) is 0 Å². The van der Waals surface area contributed by atoms with E-state index < -0.39 is 0 Å². The van der Waals surface area contributed by atoms with Gasteiger partial charge in [-0.25, -0.2) is 10.4 Å². The fraction of sp³-hybridized carbons (Fsp3) is 0.619. The maximum Gasteiger partial charge on any atom is 0.131 e. The number of anilines is 1. The van der Waals surface area contributed by atoms with Crippen molar-refractivity contribution in [2.45, 2.75) is 50.4 Å². The minimum atomic E-state index is -0.256. The van der Waals surface area contributed by atoms with Gasteiger partial charge in [0.05, 0.1) is 24.0 Å². The SMILES string of the molecule is Cc1ccc(C2NNC3CNC(c4cnn(C)c4)CC32)nc1N1CCC[C@H](O)C1. The lowest BCUT2D eigenvalue weighted by molar-refractivity contribution is 0.153. The smallest absolute Gasteiger partial charge is 0.131 e. The van der Waals surface area contributed by atoms with Crippen LogP contribution >= 0.6 is 0 Å². The largest absolute Gasteiger partial charge is 0.391 e. The monoisotopic (exact) mass is 397 g/mol. The van der Waals surface area contributed by atoms with E-state index in [1.54, 1.807) is 0 Å². The average molecular weight is 398 g/mol. The van der Waals surface area contributed by atoms with Gasteiger partial charge in [0.1, 0.15) is 5.82 Å². The molecule has 156 valence electrons. The molecule has 5 heterocycles. The molecule has 0 bridgehead atoms. The number of hydrogen-bond donors (Lipinski definition) is 4. The van der Waals surface area contributed by atoms with E-state index in [1.165, 1.54) is 11.1 Å². The molecule has 0 radical (unpaired) electrons. The molecule has 5 rings (SSSR count). The van der Waals surface area contributed by atoms with Gasteiger partial charge in [0, 0.05) is 56.4 Å². The van der Waals surface area contributed by atoms with Gasteiger partial charge >= 0.3 is 0 Å². The quantitative estimate of drug-likeness (QED) is 0.613. The van der Waals surface area contributed by atoms with Crippen molar-refractivity contribution >= 4 is 5.82 Å². The van der Waals surface area contributed by atoms with Crippen LogP contribution in [0.3, 0.4) is 0 Å². The number of aliphatic hydroxyl groups excluding tert-OH is 1. The summed E-state index contributed by atoms with van der Waals surface area (Å²) in [7, 11) is 1.96. The second kappa shape index (κ2) is 7.68. The molecule has 0 spiro atoms. The summed E-state index contributed by atoms with van der Waals surface area (Å²) in [5.74, 6) is 1.47. The highest BCUT2D eigenvalue weighted by Gasteiger charge is 2.42. The molecule has 0 aromatic carbocycles. The summed E-state index contributed by atoms with van der Waals surface area (Å²) in [5.41, 5.74) is 10.5. The lowest BCUT2D eigenvalue weighted by atomic mass is 9.82.